The van der Waals surface area contributed by atoms with Gasteiger partial charge in [0.2, 0.25) is 5.88 Å². The number of aromatic nitrogens is 2. The molecular formula is C12H12N2O2. The molecule has 1 aromatic heterocycles. The van der Waals surface area contributed by atoms with Gasteiger partial charge in [-0.25, -0.2) is 0 Å². The summed E-state index contributed by atoms with van der Waals surface area (Å²) < 4.78 is 0. The zero-order valence-electron chi connectivity index (χ0n) is 9.11. The summed E-state index contributed by atoms with van der Waals surface area (Å²) in [7, 11) is 0. The first-order valence-corrected chi connectivity index (χ1v) is 4.94. The third-order valence-corrected chi connectivity index (χ3v) is 2.37. The zero-order chi connectivity index (χ0) is 11.7. The van der Waals surface area contributed by atoms with Crippen LogP contribution >= 0.6 is 0 Å². The lowest BCUT2D eigenvalue weighted by atomic mass is 10.1. The second-order valence-corrected chi connectivity index (χ2v) is 3.77. The quantitative estimate of drug-likeness (QED) is 0.763. The largest absolute Gasteiger partial charge is 0.493 e. The second-order valence-electron chi connectivity index (χ2n) is 3.77. The van der Waals surface area contributed by atoms with Gasteiger partial charge < -0.3 is 10.1 Å². The van der Waals surface area contributed by atoms with Crippen molar-refractivity contribution in [2.75, 3.05) is 0 Å². The molecule has 0 atom stereocenters. The van der Waals surface area contributed by atoms with Gasteiger partial charge in [-0.15, -0.1) is 0 Å². The number of nitrogens with zero attached hydrogens (tertiary/aromatic N) is 1. The van der Waals surface area contributed by atoms with Crippen molar-refractivity contribution in [3.05, 3.63) is 45.7 Å². The van der Waals surface area contributed by atoms with Gasteiger partial charge in [0, 0.05) is 5.56 Å². The first-order valence-electron chi connectivity index (χ1n) is 4.94. The molecule has 4 heteroatoms. The molecule has 2 N–H and O–H groups in total. The number of hydrogen-bond donors (Lipinski definition) is 2. The Hall–Kier alpha value is -2.10. The summed E-state index contributed by atoms with van der Waals surface area (Å²) >= 11 is 0. The van der Waals surface area contributed by atoms with Gasteiger partial charge in [0.15, 0.2) is 0 Å². The Morgan fingerprint density at radius 2 is 2.00 bits per heavy atom. The van der Waals surface area contributed by atoms with E-state index in [1.54, 1.807) is 0 Å². The van der Waals surface area contributed by atoms with Crippen molar-refractivity contribution < 1.29 is 5.11 Å². The van der Waals surface area contributed by atoms with Gasteiger partial charge in [0.05, 0.1) is 6.07 Å². The van der Waals surface area contributed by atoms with Crippen LogP contribution in [-0.2, 0) is 0 Å². The second kappa shape index (κ2) is 3.81. The van der Waals surface area contributed by atoms with Crippen LogP contribution in [-0.4, -0.2) is 15.1 Å². The number of nitrogens with one attached hydrogen (secondary N) is 1. The molecule has 0 amide bonds. The molecule has 1 heterocycles. The fourth-order valence-corrected chi connectivity index (χ4v) is 1.65. The molecule has 0 spiro atoms. The summed E-state index contributed by atoms with van der Waals surface area (Å²) in [6.07, 6.45) is 0. The molecule has 16 heavy (non-hydrogen) atoms. The Bertz CT molecular complexity index is 588. The predicted octanol–water partition coefficient (Wildman–Crippen LogP) is 1.76. The lowest BCUT2D eigenvalue weighted by Gasteiger charge is -2.05. The highest BCUT2D eigenvalue weighted by molar-refractivity contribution is 5.60. The van der Waals surface area contributed by atoms with Crippen LogP contribution in [0.25, 0.3) is 11.4 Å². The number of benzene rings is 1. The van der Waals surface area contributed by atoms with Gasteiger partial charge in [-0.05, 0) is 19.4 Å². The summed E-state index contributed by atoms with van der Waals surface area (Å²) in [6, 6.07) is 6.86. The molecule has 0 aliphatic carbocycles. The van der Waals surface area contributed by atoms with E-state index >= 15 is 0 Å². The number of H-pyrrole nitrogens is 1. The summed E-state index contributed by atoms with van der Waals surface area (Å²) in [5.74, 6) is 0.126. The third-order valence-electron chi connectivity index (χ3n) is 2.37. The molecule has 4 nitrogen and oxygen atoms in total. The molecule has 82 valence electrons. The standard InChI is InChI=1S/C12H12N2O2/c1-7-3-4-9(8(2)5-7)12-13-10(15)6-11(16)14-12/h3-6H,1-2H3,(H2,13,14,15,16). The molecule has 0 saturated carbocycles. The van der Waals surface area contributed by atoms with E-state index in [4.69, 9.17) is 0 Å². The number of aromatic hydroxyl groups is 1. The predicted molar refractivity (Wildman–Crippen MR) is 61.4 cm³/mol. The van der Waals surface area contributed by atoms with Gasteiger partial charge in [-0.2, -0.15) is 4.98 Å². The number of hydrogen-bond acceptors (Lipinski definition) is 3. The van der Waals surface area contributed by atoms with Gasteiger partial charge in [0.25, 0.3) is 5.56 Å². The molecule has 0 bridgehead atoms. The summed E-state index contributed by atoms with van der Waals surface area (Å²) in [4.78, 5) is 17.7. The van der Waals surface area contributed by atoms with Crippen molar-refractivity contribution >= 4 is 0 Å². The van der Waals surface area contributed by atoms with E-state index in [0.717, 1.165) is 22.8 Å². The molecule has 0 saturated heterocycles. The smallest absolute Gasteiger partial charge is 0.254 e. The van der Waals surface area contributed by atoms with E-state index in [-0.39, 0.29) is 11.4 Å². The zero-order valence-corrected chi connectivity index (χ0v) is 9.11. The Balaban J connectivity index is 2.63. The van der Waals surface area contributed by atoms with E-state index in [1.807, 2.05) is 32.0 Å². The van der Waals surface area contributed by atoms with E-state index < -0.39 is 0 Å². The minimum absolute atomic E-state index is 0.265. The van der Waals surface area contributed by atoms with Crippen LogP contribution in [0.15, 0.2) is 29.1 Å². The molecule has 0 aliphatic rings. The molecule has 0 unspecified atom stereocenters. The van der Waals surface area contributed by atoms with E-state index in [1.165, 1.54) is 0 Å². The highest BCUT2D eigenvalue weighted by Crippen LogP contribution is 2.20. The Morgan fingerprint density at radius 1 is 1.25 bits per heavy atom. The SMILES string of the molecule is Cc1ccc(-c2nc(O)cc(=O)[nH]2)c(C)c1. The molecule has 0 aliphatic heterocycles. The van der Waals surface area contributed by atoms with Gasteiger partial charge >= 0.3 is 0 Å². The Morgan fingerprint density at radius 3 is 2.62 bits per heavy atom. The summed E-state index contributed by atoms with van der Waals surface area (Å²) in [6.45, 7) is 3.93. The minimum Gasteiger partial charge on any atom is -0.493 e. The normalized spacial score (nSPS) is 10.4. The van der Waals surface area contributed by atoms with Gasteiger partial charge in [0.1, 0.15) is 5.82 Å². The van der Waals surface area contributed by atoms with Crippen LogP contribution in [0.1, 0.15) is 11.1 Å². The summed E-state index contributed by atoms with van der Waals surface area (Å²) in [5, 5.41) is 9.27. The average molecular weight is 216 g/mol. The molecular weight excluding hydrogens is 204 g/mol. The van der Waals surface area contributed by atoms with Crippen LogP contribution in [0.3, 0.4) is 0 Å². The van der Waals surface area contributed by atoms with Gasteiger partial charge in [-0.1, -0.05) is 23.8 Å². The number of rotatable bonds is 1. The van der Waals surface area contributed by atoms with E-state index in [9.17, 15) is 9.90 Å². The monoisotopic (exact) mass is 216 g/mol. The Kier molecular flexibility index (Phi) is 2.48. The van der Waals surface area contributed by atoms with E-state index in [2.05, 4.69) is 9.97 Å². The lowest BCUT2D eigenvalue weighted by molar-refractivity contribution is 0.452. The van der Waals surface area contributed by atoms with Crippen molar-refractivity contribution in [2.24, 2.45) is 0 Å². The Labute approximate surface area is 92.6 Å². The van der Waals surface area contributed by atoms with Crippen LogP contribution in [0.5, 0.6) is 5.88 Å². The fraction of sp³-hybridized carbons (Fsp3) is 0.167. The van der Waals surface area contributed by atoms with Crippen LogP contribution in [0.4, 0.5) is 0 Å². The molecule has 0 radical (unpaired) electrons. The topological polar surface area (TPSA) is 66.0 Å². The first kappa shape index (κ1) is 10.4. The highest BCUT2D eigenvalue weighted by atomic mass is 16.3. The minimum atomic E-state index is -0.359. The maximum absolute atomic E-state index is 11.2. The van der Waals surface area contributed by atoms with Crippen LogP contribution in [0, 0.1) is 13.8 Å². The van der Waals surface area contributed by atoms with Crippen molar-refractivity contribution in [2.45, 2.75) is 13.8 Å². The maximum atomic E-state index is 11.2. The highest BCUT2D eigenvalue weighted by Gasteiger charge is 2.06. The molecule has 2 rings (SSSR count). The number of aromatic amines is 1. The van der Waals surface area contributed by atoms with Crippen LogP contribution in [0.2, 0.25) is 0 Å². The molecule has 2 aromatic rings. The fourth-order valence-electron chi connectivity index (χ4n) is 1.65. The van der Waals surface area contributed by atoms with Gasteiger partial charge in [-0.3, -0.25) is 4.79 Å². The first-order chi connectivity index (χ1) is 7.56. The average Bonchev–Trinajstić information content (AvgIpc) is 2.15. The van der Waals surface area contributed by atoms with Crippen molar-refractivity contribution in [1.82, 2.24) is 9.97 Å². The number of aryl methyl sites for hydroxylation is 2. The third kappa shape index (κ3) is 1.95. The van der Waals surface area contributed by atoms with E-state index in [0.29, 0.717) is 5.82 Å². The molecule has 0 fully saturated rings. The lowest BCUT2D eigenvalue weighted by Crippen LogP contribution is -2.07. The van der Waals surface area contributed by atoms with Crippen molar-refractivity contribution in [3.8, 4) is 17.3 Å². The maximum Gasteiger partial charge on any atom is 0.254 e. The molecule has 1 aromatic carbocycles. The van der Waals surface area contributed by atoms with Crippen molar-refractivity contribution in [1.29, 1.82) is 0 Å². The van der Waals surface area contributed by atoms with Crippen LogP contribution < -0.4 is 5.56 Å². The summed E-state index contributed by atoms with van der Waals surface area (Å²) in [5.41, 5.74) is 2.61. The van der Waals surface area contributed by atoms with Crippen molar-refractivity contribution in [3.63, 3.8) is 0 Å².